The second-order valence-electron chi connectivity index (χ2n) is 7.41. The Morgan fingerprint density at radius 2 is 1.90 bits per heavy atom. The van der Waals surface area contributed by atoms with Crippen molar-refractivity contribution in [2.75, 3.05) is 6.54 Å². The van der Waals surface area contributed by atoms with Gasteiger partial charge < -0.3 is 9.73 Å². The second kappa shape index (κ2) is 9.52. The topological polar surface area (TPSA) is 58.4 Å². The number of aromatic nitrogens is 1. The molecule has 1 atom stereocenters. The first-order chi connectivity index (χ1) is 14.0. The average Bonchev–Trinajstić information content (AvgIpc) is 3.19. The Hall–Kier alpha value is -2.92. The number of oxazole rings is 1. The van der Waals surface area contributed by atoms with Crippen molar-refractivity contribution in [3.63, 3.8) is 0 Å². The lowest BCUT2D eigenvalue weighted by molar-refractivity contribution is 0.0950. The Labute approximate surface area is 172 Å². The van der Waals surface area contributed by atoms with Gasteiger partial charge in [0.05, 0.1) is 6.54 Å². The highest BCUT2D eigenvalue weighted by Crippen LogP contribution is 2.26. The van der Waals surface area contributed by atoms with Crippen LogP contribution in [0.25, 0.3) is 0 Å². The van der Waals surface area contributed by atoms with Crippen LogP contribution >= 0.6 is 0 Å². The predicted molar refractivity (Wildman–Crippen MR) is 115 cm³/mol. The molecule has 0 aliphatic carbocycles. The highest BCUT2D eigenvalue weighted by molar-refractivity contribution is 5.91. The summed E-state index contributed by atoms with van der Waals surface area (Å²) in [7, 11) is 0. The lowest BCUT2D eigenvalue weighted by Crippen LogP contribution is -2.27. The molecule has 0 spiro atoms. The van der Waals surface area contributed by atoms with Crippen LogP contribution in [0.1, 0.15) is 58.5 Å². The summed E-state index contributed by atoms with van der Waals surface area (Å²) < 4.78 is 5.63. The van der Waals surface area contributed by atoms with E-state index in [1.165, 1.54) is 28.5 Å². The van der Waals surface area contributed by atoms with E-state index in [1.54, 1.807) is 0 Å². The highest BCUT2D eigenvalue weighted by atomic mass is 16.3. The maximum Gasteiger partial charge on any atom is 0.273 e. The number of rotatable bonds is 8. The molecule has 3 rings (SSSR count). The SMILES string of the molecule is CCNC(=O)c1coc(CN(Cc2cc(C)ccc2C)[C@@H](C)c2ccccc2)n1. The molecule has 1 N–H and O–H groups in total. The molecule has 0 radical (unpaired) electrons. The number of carbonyl (C=O) groups is 1. The highest BCUT2D eigenvalue weighted by Gasteiger charge is 2.21. The maximum atomic E-state index is 12.0. The standard InChI is InChI=1S/C24H29N3O2/c1-5-25-24(28)22-16-29-23(26-22)15-27(19(4)20-9-7-6-8-10-20)14-21-13-17(2)11-12-18(21)3/h6-13,16,19H,5,14-15H2,1-4H3,(H,25,28)/t19-/m0/s1. The van der Waals surface area contributed by atoms with Gasteiger partial charge in [0, 0.05) is 19.1 Å². The van der Waals surface area contributed by atoms with Crippen LogP contribution in [0.5, 0.6) is 0 Å². The number of carbonyl (C=O) groups excluding carboxylic acids is 1. The fourth-order valence-corrected chi connectivity index (χ4v) is 3.37. The Bertz CT molecular complexity index is 950. The van der Waals surface area contributed by atoms with Gasteiger partial charge in [-0.25, -0.2) is 4.98 Å². The summed E-state index contributed by atoms with van der Waals surface area (Å²) in [6.45, 7) is 10.2. The molecule has 5 nitrogen and oxygen atoms in total. The molecule has 0 unspecified atom stereocenters. The van der Waals surface area contributed by atoms with Gasteiger partial charge in [-0.3, -0.25) is 9.69 Å². The van der Waals surface area contributed by atoms with Crippen molar-refractivity contribution < 1.29 is 9.21 Å². The summed E-state index contributed by atoms with van der Waals surface area (Å²) in [6, 6.07) is 17.1. The Morgan fingerprint density at radius 3 is 2.62 bits per heavy atom. The molecule has 0 bridgehead atoms. The molecule has 1 heterocycles. The van der Waals surface area contributed by atoms with Crippen molar-refractivity contribution in [2.24, 2.45) is 0 Å². The monoisotopic (exact) mass is 391 g/mol. The molecule has 0 aliphatic rings. The number of amides is 1. The lowest BCUT2D eigenvalue weighted by atomic mass is 10.0. The minimum Gasteiger partial charge on any atom is -0.447 e. The Balaban J connectivity index is 1.86. The summed E-state index contributed by atoms with van der Waals surface area (Å²) >= 11 is 0. The van der Waals surface area contributed by atoms with Crippen LogP contribution < -0.4 is 5.32 Å². The van der Waals surface area contributed by atoms with Gasteiger partial charge in [0.1, 0.15) is 6.26 Å². The van der Waals surface area contributed by atoms with Crippen LogP contribution in [-0.2, 0) is 13.1 Å². The fourth-order valence-electron chi connectivity index (χ4n) is 3.37. The minimum atomic E-state index is -0.209. The van der Waals surface area contributed by atoms with E-state index < -0.39 is 0 Å². The third kappa shape index (κ3) is 5.33. The van der Waals surface area contributed by atoms with Gasteiger partial charge >= 0.3 is 0 Å². The first-order valence-electron chi connectivity index (χ1n) is 10.1. The quantitative estimate of drug-likeness (QED) is 0.599. The summed E-state index contributed by atoms with van der Waals surface area (Å²) in [6.07, 6.45) is 1.43. The minimum absolute atomic E-state index is 0.163. The zero-order valence-corrected chi connectivity index (χ0v) is 17.6. The zero-order chi connectivity index (χ0) is 20.8. The van der Waals surface area contributed by atoms with E-state index in [2.05, 4.69) is 78.4 Å². The molecule has 0 saturated heterocycles. The summed E-state index contributed by atoms with van der Waals surface area (Å²) in [5.74, 6) is 0.332. The van der Waals surface area contributed by atoms with E-state index in [1.807, 2.05) is 13.0 Å². The van der Waals surface area contributed by atoms with Crippen LogP contribution in [0.15, 0.2) is 59.2 Å². The lowest BCUT2D eigenvalue weighted by Gasteiger charge is -2.29. The number of benzene rings is 2. The van der Waals surface area contributed by atoms with Crippen LogP contribution in [0.2, 0.25) is 0 Å². The van der Waals surface area contributed by atoms with E-state index in [4.69, 9.17) is 4.42 Å². The van der Waals surface area contributed by atoms with Crippen molar-refractivity contribution in [1.82, 2.24) is 15.2 Å². The third-order valence-electron chi connectivity index (χ3n) is 5.17. The molecule has 0 fully saturated rings. The molecule has 0 aliphatic heterocycles. The van der Waals surface area contributed by atoms with Crippen molar-refractivity contribution in [3.05, 3.63) is 88.6 Å². The Kier molecular flexibility index (Phi) is 6.83. The molecule has 1 aromatic heterocycles. The molecule has 1 amide bonds. The second-order valence-corrected chi connectivity index (χ2v) is 7.41. The number of hydrogen-bond donors (Lipinski definition) is 1. The number of hydrogen-bond acceptors (Lipinski definition) is 4. The van der Waals surface area contributed by atoms with Gasteiger partial charge in [-0.15, -0.1) is 0 Å². The zero-order valence-electron chi connectivity index (χ0n) is 17.6. The fraction of sp³-hybridized carbons (Fsp3) is 0.333. The van der Waals surface area contributed by atoms with E-state index >= 15 is 0 Å². The smallest absolute Gasteiger partial charge is 0.273 e. The third-order valence-corrected chi connectivity index (χ3v) is 5.17. The average molecular weight is 392 g/mol. The molecular weight excluding hydrogens is 362 g/mol. The molecule has 29 heavy (non-hydrogen) atoms. The van der Waals surface area contributed by atoms with E-state index in [0.29, 0.717) is 24.7 Å². The molecule has 0 saturated carbocycles. The van der Waals surface area contributed by atoms with Gasteiger partial charge in [-0.2, -0.15) is 0 Å². The molecule has 5 heteroatoms. The van der Waals surface area contributed by atoms with Gasteiger partial charge in [-0.05, 0) is 44.4 Å². The molecule has 3 aromatic rings. The summed E-state index contributed by atoms with van der Waals surface area (Å²) in [5, 5.41) is 2.76. The molecule has 2 aromatic carbocycles. The van der Waals surface area contributed by atoms with Gasteiger partial charge in [0.2, 0.25) is 5.89 Å². The first kappa shape index (κ1) is 20.8. The van der Waals surface area contributed by atoms with Crippen molar-refractivity contribution >= 4 is 5.91 Å². The van der Waals surface area contributed by atoms with Gasteiger partial charge in [0.25, 0.3) is 5.91 Å². The number of aryl methyl sites for hydroxylation is 2. The Morgan fingerprint density at radius 1 is 1.14 bits per heavy atom. The van der Waals surface area contributed by atoms with Gasteiger partial charge in [0.15, 0.2) is 5.69 Å². The van der Waals surface area contributed by atoms with E-state index in [-0.39, 0.29) is 11.9 Å². The van der Waals surface area contributed by atoms with Crippen LogP contribution in [0.3, 0.4) is 0 Å². The molecular formula is C24H29N3O2. The number of nitrogens with one attached hydrogen (secondary N) is 1. The van der Waals surface area contributed by atoms with Crippen molar-refractivity contribution in [1.29, 1.82) is 0 Å². The first-order valence-corrected chi connectivity index (χ1v) is 10.1. The molecule has 152 valence electrons. The van der Waals surface area contributed by atoms with Crippen LogP contribution in [0.4, 0.5) is 0 Å². The van der Waals surface area contributed by atoms with Crippen molar-refractivity contribution in [3.8, 4) is 0 Å². The summed E-state index contributed by atoms with van der Waals surface area (Å²) in [5.41, 5.74) is 5.33. The van der Waals surface area contributed by atoms with Gasteiger partial charge in [-0.1, -0.05) is 54.1 Å². The van der Waals surface area contributed by atoms with Crippen molar-refractivity contribution in [2.45, 2.75) is 46.8 Å². The predicted octanol–water partition coefficient (Wildman–Crippen LogP) is 4.80. The number of nitrogens with zero attached hydrogens (tertiary/aromatic N) is 2. The van der Waals surface area contributed by atoms with E-state index in [0.717, 1.165) is 6.54 Å². The normalized spacial score (nSPS) is 12.2. The summed E-state index contributed by atoms with van der Waals surface area (Å²) in [4.78, 5) is 18.8. The van der Waals surface area contributed by atoms with Crippen LogP contribution in [-0.4, -0.2) is 22.3 Å². The largest absolute Gasteiger partial charge is 0.447 e. The maximum absolute atomic E-state index is 12.0. The van der Waals surface area contributed by atoms with Crippen LogP contribution in [0, 0.1) is 13.8 Å². The van der Waals surface area contributed by atoms with E-state index in [9.17, 15) is 4.79 Å².